The number of alkyl halides is 3. The molecule has 0 fully saturated rings. The van der Waals surface area contributed by atoms with Crippen molar-refractivity contribution >= 4 is 20.1 Å². The molecule has 0 N–H and O–H groups in total. The van der Waals surface area contributed by atoms with E-state index in [1.807, 2.05) is 0 Å². The van der Waals surface area contributed by atoms with Crippen molar-refractivity contribution in [3.8, 4) is 11.5 Å². The molecule has 3 atom stereocenters. The van der Waals surface area contributed by atoms with Gasteiger partial charge < -0.3 is 13.7 Å². The monoisotopic (exact) mass is 577 g/mol. The average Bonchev–Trinajstić information content (AvgIpc) is 2.84. The number of halogens is 3. The summed E-state index contributed by atoms with van der Waals surface area (Å²) in [6.45, 7) is 3.35. The van der Waals surface area contributed by atoms with E-state index in [0.29, 0.717) is 11.5 Å². The first-order chi connectivity index (χ1) is 17.7. The lowest BCUT2D eigenvalue weighted by Gasteiger charge is -2.35. The van der Waals surface area contributed by atoms with Gasteiger partial charge in [-0.15, -0.1) is 0 Å². The topological polar surface area (TPSA) is 99.2 Å². The summed E-state index contributed by atoms with van der Waals surface area (Å²) in [6.07, 6.45) is 1.12. The molecule has 2 aromatic rings. The molecule has 2 aromatic carbocycles. The van der Waals surface area contributed by atoms with E-state index in [4.69, 9.17) is 9.47 Å². The van der Waals surface area contributed by atoms with E-state index < -0.39 is 42.7 Å². The molecule has 0 amide bonds. The summed E-state index contributed by atoms with van der Waals surface area (Å²) < 4.78 is 104. The number of nitrogens with zero attached hydrogens (tertiary/aromatic N) is 1. The molecule has 0 saturated heterocycles. The molecule has 0 heterocycles. The van der Waals surface area contributed by atoms with Crippen LogP contribution < -0.4 is 9.47 Å². The van der Waals surface area contributed by atoms with Gasteiger partial charge in [0.25, 0.3) is 0 Å². The fourth-order valence-corrected chi connectivity index (χ4v) is 6.36. The highest BCUT2D eigenvalue weighted by molar-refractivity contribution is 7.89. The van der Waals surface area contributed by atoms with Crippen molar-refractivity contribution in [1.29, 1.82) is 0 Å². The first-order valence-electron chi connectivity index (χ1n) is 11.6. The summed E-state index contributed by atoms with van der Waals surface area (Å²) >= 11 is 0. The van der Waals surface area contributed by atoms with Crippen LogP contribution in [0, 0.1) is 11.8 Å². The van der Waals surface area contributed by atoms with Crippen LogP contribution in [0.4, 0.5) is 13.2 Å². The number of benzene rings is 2. The van der Waals surface area contributed by atoms with Crippen LogP contribution in [-0.4, -0.2) is 46.1 Å². The van der Waals surface area contributed by atoms with Crippen LogP contribution in [0.1, 0.15) is 31.4 Å². The number of rotatable bonds is 12. The van der Waals surface area contributed by atoms with Crippen molar-refractivity contribution in [3.63, 3.8) is 0 Å². The molecular weight excluding hydrogens is 547 g/mol. The van der Waals surface area contributed by atoms with Crippen molar-refractivity contribution in [2.24, 2.45) is 11.8 Å². The van der Waals surface area contributed by atoms with Gasteiger partial charge in [-0.3, -0.25) is 0 Å². The van der Waals surface area contributed by atoms with Gasteiger partial charge in [-0.1, -0.05) is 31.2 Å². The molecule has 1 unspecified atom stereocenters. The zero-order valence-corrected chi connectivity index (χ0v) is 22.9. The third kappa shape index (κ3) is 6.80. The Morgan fingerprint density at radius 2 is 1.29 bits per heavy atom. The lowest BCUT2D eigenvalue weighted by atomic mass is 9.81. The second-order valence-electron chi connectivity index (χ2n) is 9.06. The molecule has 0 radical (unpaired) electrons. The third-order valence-electron chi connectivity index (χ3n) is 6.62. The zero-order valence-electron chi connectivity index (χ0n) is 21.3. The first-order valence-corrected chi connectivity index (χ1v) is 14.6. The van der Waals surface area contributed by atoms with Crippen molar-refractivity contribution < 1.29 is 43.7 Å². The Balaban J connectivity index is 1.81. The number of ether oxygens (including phenoxy) is 2. The van der Waals surface area contributed by atoms with E-state index in [1.165, 1.54) is 31.5 Å². The van der Waals surface area contributed by atoms with Crippen LogP contribution in [0.2, 0.25) is 0 Å². The molecule has 0 bridgehead atoms. The predicted molar refractivity (Wildman–Crippen MR) is 135 cm³/mol. The Morgan fingerprint density at radius 1 is 0.868 bits per heavy atom. The second kappa shape index (κ2) is 11.5. The minimum absolute atomic E-state index is 0.0775. The minimum atomic E-state index is -5.76. The number of sulfonamides is 1. The van der Waals surface area contributed by atoms with Crippen LogP contribution in [-0.2, 0) is 37.4 Å². The van der Waals surface area contributed by atoms with Crippen molar-refractivity contribution in [1.82, 2.24) is 4.31 Å². The van der Waals surface area contributed by atoms with E-state index in [2.05, 4.69) is 4.18 Å². The summed E-state index contributed by atoms with van der Waals surface area (Å²) in [5.74, 6) is -0.0976. The largest absolute Gasteiger partial charge is 0.534 e. The number of hydrogen-bond acceptors (Lipinski definition) is 7. The summed E-state index contributed by atoms with van der Waals surface area (Å²) in [7, 11) is -6.62. The molecular formula is C25H30F3NO7S2. The fourth-order valence-electron chi connectivity index (χ4n) is 3.98. The van der Waals surface area contributed by atoms with Gasteiger partial charge >= 0.3 is 15.6 Å². The Morgan fingerprint density at radius 3 is 1.66 bits per heavy atom. The maximum atomic E-state index is 13.8. The summed E-state index contributed by atoms with van der Waals surface area (Å²) in [5.41, 5.74) is -4.07. The molecule has 0 spiro atoms. The predicted octanol–water partition coefficient (Wildman–Crippen LogP) is 4.83. The van der Waals surface area contributed by atoms with Crippen LogP contribution in [0.25, 0.3) is 0 Å². The Hall–Kier alpha value is -2.77. The van der Waals surface area contributed by atoms with Crippen LogP contribution in [0.15, 0.2) is 60.4 Å². The second-order valence-corrected chi connectivity index (χ2v) is 12.9. The highest BCUT2D eigenvalue weighted by Gasteiger charge is 2.50. The Labute approximate surface area is 221 Å². The number of hydrogen-bond donors (Lipinski definition) is 0. The van der Waals surface area contributed by atoms with Crippen LogP contribution in [0.5, 0.6) is 11.5 Å². The molecule has 0 aromatic heterocycles. The lowest BCUT2D eigenvalue weighted by molar-refractivity contribution is -0.0528. The Kier molecular flexibility index (Phi) is 9.04. The normalized spacial score (nSPS) is 17.8. The highest BCUT2D eigenvalue weighted by Crippen LogP contribution is 2.39. The molecule has 210 valence electrons. The van der Waals surface area contributed by atoms with Crippen LogP contribution >= 0.6 is 0 Å². The van der Waals surface area contributed by atoms with Gasteiger partial charge in [0.2, 0.25) is 10.0 Å². The van der Waals surface area contributed by atoms with E-state index in [1.54, 1.807) is 55.5 Å². The molecule has 3 rings (SSSR count). The summed E-state index contributed by atoms with van der Waals surface area (Å²) in [5, 5.41) is -0.930. The number of allylic oxidation sites excluding steroid dienone is 2. The minimum Gasteiger partial charge on any atom is -0.497 e. The molecule has 0 saturated carbocycles. The molecule has 1 aliphatic rings. The maximum absolute atomic E-state index is 13.8. The molecule has 0 aliphatic heterocycles. The maximum Gasteiger partial charge on any atom is 0.534 e. The van der Waals surface area contributed by atoms with Crippen LogP contribution in [0.3, 0.4) is 0 Å². The van der Waals surface area contributed by atoms with E-state index in [9.17, 15) is 30.0 Å². The summed E-state index contributed by atoms with van der Waals surface area (Å²) in [4.78, 5) is 0. The fraction of sp³-hybridized carbons (Fsp3) is 0.440. The van der Waals surface area contributed by atoms with Gasteiger partial charge in [0.1, 0.15) is 17.3 Å². The van der Waals surface area contributed by atoms with Gasteiger partial charge in [0, 0.05) is 19.5 Å². The standard InChI is InChI=1S/C25H30F3NO7S2/c1-17(21-13-24(14-21)36-38(32,33)25(26,27)28)18(2)37(30,31)29(15-19-5-9-22(34-3)10-6-19)16-20-7-11-23(35-4)12-8-20/h5-13,17-18,21H,14-16H2,1-4H3/t17-,18-,21?/m1/s1. The quantitative estimate of drug-likeness (QED) is 0.263. The summed E-state index contributed by atoms with van der Waals surface area (Å²) in [6, 6.07) is 14.0. The van der Waals surface area contributed by atoms with Gasteiger partial charge in [0.15, 0.2) is 0 Å². The van der Waals surface area contributed by atoms with Gasteiger partial charge in [-0.05, 0) is 60.2 Å². The van der Waals surface area contributed by atoms with Gasteiger partial charge in [-0.2, -0.15) is 25.9 Å². The zero-order chi connectivity index (χ0) is 28.3. The van der Waals surface area contributed by atoms with Gasteiger partial charge in [-0.25, -0.2) is 8.42 Å². The van der Waals surface area contributed by atoms with E-state index >= 15 is 0 Å². The third-order valence-corrected chi connectivity index (χ3v) is 9.97. The molecule has 1 aliphatic carbocycles. The van der Waals surface area contributed by atoms with Crippen molar-refractivity contribution in [3.05, 3.63) is 71.5 Å². The smallest absolute Gasteiger partial charge is 0.497 e. The van der Waals surface area contributed by atoms with Crippen molar-refractivity contribution in [2.75, 3.05) is 14.2 Å². The highest BCUT2D eigenvalue weighted by atomic mass is 32.2. The van der Waals surface area contributed by atoms with Gasteiger partial charge in [0.05, 0.1) is 19.5 Å². The molecule has 13 heteroatoms. The molecule has 8 nitrogen and oxygen atoms in total. The number of methoxy groups -OCH3 is 2. The first kappa shape index (κ1) is 29.8. The average molecular weight is 578 g/mol. The van der Waals surface area contributed by atoms with E-state index in [0.717, 1.165) is 11.1 Å². The SMILES string of the molecule is COc1ccc(CN(Cc2ccc(OC)cc2)S(=O)(=O)[C@H](C)[C@@H](C)C2C=C(OS(=O)(=O)C(F)(F)F)C2)cc1. The Bertz CT molecular complexity index is 1290. The van der Waals surface area contributed by atoms with E-state index in [-0.39, 0.29) is 25.3 Å². The lowest BCUT2D eigenvalue weighted by Crippen LogP contribution is -2.42. The van der Waals surface area contributed by atoms with Crippen molar-refractivity contribution in [2.45, 2.75) is 44.1 Å². The molecule has 38 heavy (non-hydrogen) atoms.